The van der Waals surface area contributed by atoms with Crippen molar-refractivity contribution in [2.45, 2.75) is 13.5 Å². The summed E-state index contributed by atoms with van der Waals surface area (Å²) in [7, 11) is 0. The standard InChI is InChI=1S/C11H11FN4O/c1-7-10(11(13)17)14-15-16(7)6-8-2-4-9(12)5-3-8/h2-5H,6H2,1H3,(H2,13,17). The Morgan fingerprint density at radius 3 is 2.59 bits per heavy atom. The molecule has 1 amide bonds. The van der Waals surface area contributed by atoms with E-state index < -0.39 is 5.91 Å². The highest BCUT2D eigenvalue weighted by molar-refractivity contribution is 5.91. The highest BCUT2D eigenvalue weighted by Crippen LogP contribution is 2.08. The average Bonchev–Trinajstić information content (AvgIpc) is 2.64. The van der Waals surface area contributed by atoms with Crippen molar-refractivity contribution in [1.29, 1.82) is 0 Å². The first-order valence-electron chi connectivity index (χ1n) is 5.02. The molecule has 17 heavy (non-hydrogen) atoms. The van der Waals surface area contributed by atoms with E-state index >= 15 is 0 Å². The topological polar surface area (TPSA) is 73.8 Å². The number of nitrogens with two attached hydrogens (primary N) is 1. The van der Waals surface area contributed by atoms with Crippen molar-refractivity contribution in [3.8, 4) is 0 Å². The number of rotatable bonds is 3. The van der Waals surface area contributed by atoms with Crippen LogP contribution >= 0.6 is 0 Å². The zero-order valence-corrected chi connectivity index (χ0v) is 9.22. The number of halogens is 1. The van der Waals surface area contributed by atoms with E-state index in [1.165, 1.54) is 12.1 Å². The van der Waals surface area contributed by atoms with Crippen LogP contribution in [0.5, 0.6) is 0 Å². The van der Waals surface area contributed by atoms with Crippen LogP contribution in [0.3, 0.4) is 0 Å². The molecule has 2 rings (SSSR count). The number of hydrogen-bond donors (Lipinski definition) is 1. The van der Waals surface area contributed by atoms with E-state index in [1.807, 2.05) is 0 Å². The summed E-state index contributed by atoms with van der Waals surface area (Å²) in [5.74, 6) is -0.894. The third-order valence-electron chi connectivity index (χ3n) is 2.46. The molecule has 0 spiro atoms. The summed E-state index contributed by atoms with van der Waals surface area (Å²) in [4.78, 5) is 11.0. The monoisotopic (exact) mass is 234 g/mol. The zero-order chi connectivity index (χ0) is 12.4. The summed E-state index contributed by atoms with van der Waals surface area (Å²) in [5, 5.41) is 7.52. The van der Waals surface area contributed by atoms with Crippen LogP contribution in [0.25, 0.3) is 0 Å². The predicted molar refractivity (Wildman–Crippen MR) is 58.8 cm³/mol. The molecule has 2 N–H and O–H groups in total. The molecule has 5 nitrogen and oxygen atoms in total. The molecule has 0 aliphatic carbocycles. The Bertz CT molecular complexity index is 547. The second-order valence-corrected chi connectivity index (χ2v) is 3.67. The minimum atomic E-state index is -0.604. The van der Waals surface area contributed by atoms with Gasteiger partial charge in [0.05, 0.1) is 12.2 Å². The summed E-state index contributed by atoms with van der Waals surface area (Å²) in [5.41, 5.74) is 6.77. The fourth-order valence-electron chi connectivity index (χ4n) is 1.50. The van der Waals surface area contributed by atoms with Crippen LogP contribution in [0, 0.1) is 12.7 Å². The molecule has 88 valence electrons. The maximum atomic E-state index is 12.7. The first-order valence-corrected chi connectivity index (χ1v) is 5.02. The van der Waals surface area contributed by atoms with Crippen LogP contribution in [0.15, 0.2) is 24.3 Å². The van der Waals surface area contributed by atoms with Crippen LogP contribution in [0.1, 0.15) is 21.7 Å². The minimum absolute atomic E-state index is 0.159. The first-order chi connectivity index (χ1) is 8.08. The van der Waals surface area contributed by atoms with E-state index in [1.54, 1.807) is 23.7 Å². The molecule has 0 radical (unpaired) electrons. The van der Waals surface area contributed by atoms with Gasteiger partial charge in [0.15, 0.2) is 5.69 Å². The lowest BCUT2D eigenvalue weighted by Gasteiger charge is -2.03. The molecular weight excluding hydrogens is 223 g/mol. The number of benzene rings is 1. The van der Waals surface area contributed by atoms with E-state index in [4.69, 9.17) is 5.73 Å². The molecule has 0 saturated heterocycles. The number of aromatic nitrogens is 3. The second-order valence-electron chi connectivity index (χ2n) is 3.67. The van der Waals surface area contributed by atoms with Gasteiger partial charge in [0.1, 0.15) is 5.82 Å². The summed E-state index contributed by atoms with van der Waals surface area (Å²) in [6.45, 7) is 2.13. The van der Waals surface area contributed by atoms with E-state index in [0.29, 0.717) is 12.2 Å². The average molecular weight is 234 g/mol. The largest absolute Gasteiger partial charge is 0.364 e. The SMILES string of the molecule is Cc1c(C(N)=O)nnn1Cc1ccc(F)cc1. The maximum absolute atomic E-state index is 12.7. The molecule has 2 aromatic rings. The molecular formula is C11H11FN4O. The number of nitrogens with zero attached hydrogens (tertiary/aromatic N) is 3. The number of primary amides is 1. The normalized spacial score (nSPS) is 10.5. The van der Waals surface area contributed by atoms with Gasteiger partial charge >= 0.3 is 0 Å². The van der Waals surface area contributed by atoms with Crippen LogP contribution in [-0.2, 0) is 6.54 Å². The number of hydrogen-bond acceptors (Lipinski definition) is 3. The molecule has 0 saturated carbocycles. The highest BCUT2D eigenvalue weighted by Gasteiger charge is 2.13. The van der Waals surface area contributed by atoms with E-state index in [0.717, 1.165) is 5.56 Å². The van der Waals surface area contributed by atoms with Crippen molar-refractivity contribution >= 4 is 5.91 Å². The second kappa shape index (κ2) is 4.32. The molecule has 0 unspecified atom stereocenters. The van der Waals surface area contributed by atoms with E-state index in [-0.39, 0.29) is 11.5 Å². The van der Waals surface area contributed by atoms with Gasteiger partial charge in [-0.25, -0.2) is 9.07 Å². The maximum Gasteiger partial charge on any atom is 0.271 e. The minimum Gasteiger partial charge on any atom is -0.364 e. The Balaban J connectivity index is 2.24. The molecule has 0 atom stereocenters. The molecule has 1 aromatic heterocycles. The van der Waals surface area contributed by atoms with Gasteiger partial charge in [-0.05, 0) is 24.6 Å². The fourth-order valence-corrected chi connectivity index (χ4v) is 1.50. The fraction of sp³-hybridized carbons (Fsp3) is 0.182. The Kier molecular flexibility index (Phi) is 2.86. The van der Waals surface area contributed by atoms with Gasteiger partial charge < -0.3 is 5.73 Å². The Morgan fingerprint density at radius 1 is 1.41 bits per heavy atom. The van der Waals surface area contributed by atoms with Gasteiger partial charge in [0.25, 0.3) is 5.91 Å². The van der Waals surface area contributed by atoms with Gasteiger partial charge in [-0.2, -0.15) is 0 Å². The van der Waals surface area contributed by atoms with Gasteiger partial charge in [-0.15, -0.1) is 5.10 Å². The molecule has 0 bridgehead atoms. The van der Waals surface area contributed by atoms with Gasteiger partial charge in [0, 0.05) is 0 Å². The van der Waals surface area contributed by atoms with Gasteiger partial charge in [-0.3, -0.25) is 4.79 Å². The molecule has 6 heteroatoms. The summed E-state index contributed by atoms with van der Waals surface area (Å²) >= 11 is 0. The molecule has 0 aliphatic heterocycles. The van der Waals surface area contributed by atoms with Crippen molar-refractivity contribution < 1.29 is 9.18 Å². The summed E-state index contributed by atoms with van der Waals surface area (Å²) < 4.78 is 14.3. The van der Waals surface area contributed by atoms with Crippen molar-refractivity contribution in [3.05, 3.63) is 47.0 Å². The lowest BCUT2D eigenvalue weighted by molar-refractivity contribution is 0.0995. The smallest absolute Gasteiger partial charge is 0.271 e. The van der Waals surface area contributed by atoms with E-state index in [2.05, 4.69) is 10.3 Å². The van der Waals surface area contributed by atoms with Gasteiger partial charge in [-0.1, -0.05) is 17.3 Å². The van der Waals surface area contributed by atoms with Crippen molar-refractivity contribution in [2.24, 2.45) is 5.73 Å². The third kappa shape index (κ3) is 2.30. The summed E-state index contributed by atoms with van der Waals surface area (Å²) in [6, 6.07) is 6.05. The lowest BCUT2D eigenvalue weighted by Crippen LogP contribution is -2.13. The van der Waals surface area contributed by atoms with E-state index in [9.17, 15) is 9.18 Å². The Hall–Kier alpha value is -2.24. The molecule has 1 heterocycles. The van der Waals surface area contributed by atoms with Crippen molar-refractivity contribution in [3.63, 3.8) is 0 Å². The van der Waals surface area contributed by atoms with Crippen molar-refractivity contribution in [2.75, 3.05) is 0 Å². The van der Waals surface area contributed by atoms with Crippen LogP contribution in [0.4, 0.5) is 4.39 Å². The zero-order valence-electron chi connectivity index (χ0n) is 9.22. The first kappa shape index (κ1) is 11.3. The quantitative estimate of drug-likeness (QED) is 0.856. The van der Waals surface area contributed by atoms with Crippen LogP contribution in [0.2, 0.25) is 0 Å². The van der Waals surface area contributed by atoms with Crippen LogP contribution < -0.4 is 5.73 Å². The number of amides is 1. The molecule has 0 aliphatic rings. The summed E-state index contributed by atoms with van der Waals surface area (Å²) in [6.07, 6.45) is 0. The predicted octanol–water partition coefficient (Wildman–Crippen LogP) is 0.873. The Labute approximate surface area is 97.0 Å². The Morgan fingerprint density at radius 2 is 2.06 bits per heavy atom. The third-order valence-corrected chi connectivity index (χ3v) is 2.46. The van der Waals surface area contributed by atoms with Crippen LogP contribution in [-0.4, -0.2) is 20.9 Å². The van der Waals surface area contributed by atoms with Crippen molar-refractivity contribution in [1.82, 2.24) is 15.0 Å². The van der Waals surface area contributed by atoms with Gasteiger partial charge in [0.2, 0.25) is 0 Å². The number of carbonyl (C=O) groups is 1. The molecule has 1 aromatic carbocycles. The number of carbonyl (C=O) groups excluding carboxylic acids is 1. The lowest BCUT2D eigenvalue weighted by atomic mass is 10.2. The highest BCUT2D eigenvalue weighted by atomic mass is 19.1. The molecule has 0 fully saturated rings.